The van der Waals surface area contributed by atoms with Crippen molar-refractivity contribution in [2.75, 3.05) is 19.6 Å². The number of carbonyl (C=O) groups is 1. The highest BCUT2D eigenvalue weighted by Gasteiger charge is 2.25. The topological polar surface area (TPSA) is 56.7 Å². The van der Waals surface area contributed by atoms with E-state index in [2.05, 4.69) is 34.7 Å². The number of benzene rings is 1. The summed E-state index contributed by atoms with van der Waals surface area (Å²) in [7, 11) is 0. The van der Waals surface area contributed by atoms with Crippen LogP contribution in [0.3, 0.4) is 0 Å². The number of rotatable bonds is 5. The molecule has 1 unspecified atom stereocenters. The summed E-state index contributed by atoms with van der Waals surface area (Å²) in [5, 5.41) is 6.71. The van der Waals surface area contributed by atoms with Crippen molar-refractivity contribution in [2.45, 2.75) is 39.3 Å². The average Bonchev–Trinajstić information content (AvgIpc) is 3.01. The van der Waals surface area contributed by atoms with Gasteiger partial charge < -0.3 is 15.5 Å². The zero-order chi connectivity index (χ0) is 15.8. The van der Waals surface area contributed by atoms with Crippen molar-refractivity contribution in [3.8, 4) is 0 Å². The van der Waals surface area contributed by atoms with Crippen LogP contribution in [-0.2, 0) is 11.3 Å². The average molecular weight is 302 g/mol. The molecule has 1 fully saturated rings. The molecule has 0 saturated carbocycles. The molecule has 22 heavy (non-hydrogen) atoms. The molecule has 1 saturated heterocycles. The normalized spacial score (nSPS) is 18.4. The quantitative estimate of drug-likeness (QED) is 0.643. The maximum Gasteiger partial charge on any atom is 0.222 e. The second-order valence-corrected chi connectivity index (χ2v) is 5.50. The first-order valence-electron chi connectivity index (χ1n) is 8.09. The molecular formula is C17H26N4O. The highest BCUT2D eigenvalue weighted by molar-refractivity contribution is 5.80. The number of amides is 1. The molecule has 1 heterocycles. The lowest BCUT2D eigenvalue weighted by molar-refractivity contribution is -0.129. The lowest BCUT2D eigenvalue weighted by Crippen LogP contribution is -2.45. The Labute approximate surface area is 132 Å². The smallest absolute Gasteiger partial charge is 0.222 e. The molecule has 5 nitrogen and oxygen atoms in total. The van der Waals surface area contributed by atoms with Crippen LogP contribution in [0.1, 0.15) is 32.3 Å². The van der Waals surface area contributed by atoms with Crippen LogP contribution in [0.2, 0.25) is 0 Å². The summed E-state index contributed by atoms with van der Waals surface area (Å²) in [6, 6.07) is 10.5. The van der Waals surface area contributed by atoms with E-state index in [1.165, 1.54) is 5.56 Å². The molecule has 5 heteroatoms. The van der Waals surface area contributed by atoms with E-state index < -0.39 is 0 Å². The third kappa shape index (κ3) is 4.76. The van der Waals surface area contributed by atoms with Crippen molar-refractivity contribution in [3.63, 3.8) is 0 Å². The molecule has 120 valence electrons. The van der Waals surface area contributed by atoms with Gasteiger partial charge in [0.1, 0.15) is 0 Å². The van der Waals surface area contributed by atoms with Gasteiger partial charge in [0.15, 0.2) is 5.96 Å². The SMILES string of the molecule is CCNC(=NCc1ccccc1)NC1CCN(C(=O)CC)C1. The summed E-state index contributed by atoms with van der Waals surface area (Å²) in [5.74, 6) is 1.05. The summed E-state index contributed by atoms with van der Waals surface area (Å²) >= 11 is 0. The molecule has 0 bridgehead atoms. The standard InChI is InChI=1S/C17H26N4O/c1-3-16(22)21-11-10-15(13-21)20-17(18-4-2)19-12-14-8-6-5-7-9-14/h5-9,15H,3-4,10-13H2,1-2H3,(H2,18,19,20). The van der Waals surface area contributed by atoms with Gasteiger partial charge in [0.2, 0.25) is 5.91 Å². The van der Waals surface area contributed by atoms with E-state index in [1.807, 2.05) is 30.0 Å². The van der Waals surface area contributed by atoms with E-state index in [-0.39, 0.29) is 11.9 Å². The molecule has 0 aliphatic carbocycles. The fourth-order valence-corrected chi connectivity index (χ4v) is 2.60. The van der Waals surface area contributed by atoms with Crippen molar-refractivity contribution < 1.29 is 4.79 Å². The number of nitrogens with zero attached hydrogens (tertiary/aromatic N) is 2. The van der Waals surface area contributed by atoms with E-state index in [0.717, 1.165) is 32.0 Å². The number of likely N-dealkylation sites (tertiary alicyclic amines) is 1. The maximum absolute atomic E-state index is 11.7. The van der Waals surface area contributed by atoms with Gasteiger partial charge in [0.25, 0.3) is 0 Å². The summed E-state index contributed by atoms with van der Waals surface area (Å²) in [5.41, 5.74) is 1.19. The van der Waals surface area contributed by atoms with Gasteiger partial charge in [-0.15, -0.1) is 0 Å². The Kier molecular flexibility index (Phi) is 6.25. The lowest BCUT2D eigenvalue weighted by atomic mass is 10.2. The Bertz CT molecular complexity index is 501. The Balaban J connectivity index is 1.90. The number of hydrogen-bond acceptors (Lipinski definition) is 2. The second-order valence-electron chi connectivity index (χ2n) is 5.50. The van der Waals surface area contributed by atoms with E-state index in [0.29, 0.717) is 13.0 Å². The zero-order valence-corrected chi connectivity index (χ0v) is 13.5. The van der Waals surface area contributed by atoms with Crippen molar-refractivity contribution in [1.82, 2.24) is 15.5 Å². The van der Waals surface area contributed by atoms with E-state index in [1.54, 1.807) is 0 Å². The Morgan fingerprint density at radius 3 is 2.77 bits per heavy atom. The number of carbonyl (C=O) groups excluding carboxylic acids is 1. The van der Waals surface area contributed by atoms with Crippen LogP contribution < -0.4 is 10.6 Å². The monoisotopic (exact) mass is 302 g/mol. The van der Waals surface area contributed by atoms with Gasteiger partial charge in [-0.05, 0) is 18.9 Å². The Hall–Kier alpha value is -2.04. The molecule has 0 aromatic heterocycles. The fourth-order valence-electron chi connectivity index (χ4n) is 2.60. The van der Waals surface area contributed by atoms with E-state index >= 15 is 0 Å². The van der Waals surface area contributed by atoms with Crippen molar-refractivity contribution >= 4 is 11.9 Å². The lowest BCUT2D eigenvalue weighted by Gasteiger charge is -2.18. The van der Waals surface area contributed by atoms with Crippen LogP contribution in [0.25, 0.3) is 0 Å². The van der Waals surface area contributed by atoms with Crippen molar-refractivity contribution in [1.29, 1.82) is 0 Å². The molecular weight excluding hydrogens is 276 g/mol. The zero-order valence-electron chi connectivity index (χ0n) is 13.5. The number of nitrogens with one attached hydrogen (secondary N) is 2. The minimum atomic E-state index is 0.232. The highest BCUT2D eigenvalue weighted by atomic mass is 16.2. The first-order valence-corrected chi connectivity index (χ1v) is 8.09. The van der Waals surface area contributed by atoms with E-state index in [4.69, 9.17) is 0 Å². The number of hydrogen-bond donors (Lipinski definition) is 2. The molecule has 1 atom stereocenters. The van der Waals surface area contributed by atoms with Gasteiger partial charge in [0.05, 0.1) is 6.54 Å². The summed E-state index contributed by atoms with van der Waals surface area (Å²) in [6.07, 6.45) is 1.55. The van der Waals surface area contributed by atoms with Gasteiger partial charge >= 0.3 is 0 Å². The minimum Gasteiger partial charge on any atom is -0.357 e. The van der Waals surface area contributed by atoms with Crippen LogP contribution in [0.5, 0.6) is 0 Å². The van der Waals surface area contributed by atoms with Crippen LogP contribution in [0, 0.1) is 0 Å². The summed E-state index contributed by atoms with van der Waals surface area (Å²) in [6.45, 7) is 7.05. The van der Waals surface area contributed by atoms with Gasteiger partial charge in [-0.2, -0.15) is 0 Å². The third-order valence-electron chi connectivity index (χ3n) is 3.79. The summed E-state index contributed by atoms with van der Waals surface area (Å²) in [4.78, 5) is 18.3. The number of aliphatic imine (C=N–C) groups is 1. The van der Waals surface area contributed by atoms with Crippen LogP contribution in [0.4, 0.5) is 0 Å². The van der Waals surface area contributed by atoms with Gasteiger partial charge in [-0.3, -0.25) is 4.79 Å². The largest absolute Gasteiger partial charge is 0.357 e. The van der Waals surface area contributed by atoms with Gasteiger partial charge in [0, 0.05) is 32.1 Å². The first kappa shape index (κ1) is 16.3. The molecule has 1 aliphatic rings. The van der Waals surface area contributed by atoms with Crippen LogP contribution in [-0.4, -0.2) is 42.4 Å². The molecule has 2 rings (SSSR count). The first-order chi connectivity index (χ1) is 10.7. The van der Waals surface area contributed by atoms with Crippen LogP contribution >= 0.6 is 0 Å². The predicted octanol–water partition coefficient (Wildman–Crippen LogP) is 1.75. The Morgan fingerprint density at radius 1 is 1.32 bits per heavy atom. The molecule has 2 N–H and O–H groups in total. The fraction of sp³-hybridized carbons (Fsp3) is 0.529. The van der Waals surface area contributed by atoms with Gasteiger partial charge in [-0.1, -0.05) is 37.3 Å². The summed E-state index contributed by atoms with van der Waals surface area (Å²) < 4.78 is 0. The molecule has 1 aromatic rings. The highest BCUT2D eigenvalue weighted by Crippen LogP contribution is 2.10. The molecule has 1 aliphatic heterocycles. The predicted molar refractivity (Wildman–Crippen MR) is 89.7 cm³/mol. The maximum atomic E-state index is 11.7. The Morgan fingerprint density at radius 2 is 2.09 bits per heavy atom. The molecule has 1 amide bonds. The van der Waals surface area contributed by atoms with Crippen LogP contribution in [0.15, 0.2) is 35.3 Å². The van der Waals surface area contributed by atoms with Gasteiger partial charge in [-0.25, -0.2) is 4.99 Å². The minimum absolute atomic E-state index is 0.232. The molecule has 0 radical (unpaired) electrons. The molecule has 1 aromatic carbocycles. The molecule has 0 spiro atoms. The van der Waals surface area contributed by atoms with Crippen molar-refractivity contribution in [2.24, 2.45) is 4.99 Å². The number of guanidine groups is 1. The third-order valence-corrected chi connectivity index (χ3v) is 3.79. The van der Waals surface area contributed by atoms with E-state index in [9.17, 15) is 4.79 Å². The van der Waals surface area contributed by atoms with Crippen molar-refractivity contribution in [3.05, 3.63) is 35.9 Å². The second kappa shape index (κ2) is 8.41.